The number of benzene rings is 1. The highest BCUT2D eigenvalue weighted by molar-refractivity contribution is 8.26. The molecule has 0 radical (unpaired) electrons. The fourth-order valence-electron chi connectivity index (χ4n) is 2.69. The Morgan fingerprint density at radius 1 is 1.08 bits per heavy atom. The summed E-state index contributed by atoms with van der Waals surface area (Å²) in [6.07, 6.45) is -10.6. The summed E-state index contributed by atoms with van der Waals surface area (Å²) >= 11 is 0. The lowest BCUT2D eigenvalue weighted by Gasteiger charge is -2.42. The summed E-state index contributed by atoms with van der Waals surface area (Å²) in [4.78, 5) is 10.6. The molecule has 1 unspecified atom stereocenters. The van der Waals surface area contributed by atoms with Crippen LogP contribution in [0.4, 0.5) is 32.0 Å². The molecule has 5 nitrogen and oxygen atoms in total. The van der Waals surface area contributed by atoms with E-state index >= 15 is 0 Å². The van der Waals surface area contributed by atoms with Gasteiger partial charge in [-0.15, -0.1) is 10.8 Å². The zero-order valence-corrected chi connectivity index (χ0v) is 13.8. The molecule has 0 aliphatic carbocycles. The lowest BCUT2D eigenvalue weighted by Crippen LogP contribution is -2.26. The Bertz CT molecular complexity index is 659. The second-order valence-electron chi connectivity index (χ2n) is 5.77. The quantitative estimate of drug-likeness (QED) is 0.623. The molecule has 26 heavy (non-hydrogen) atoms. The molecule has 0 amide bonds. The molecule has 0 spiro atoms. The minimum atomic E-state index is -5.05. The van der Waals surface area contributed by atoms with Crippen molar-refractivity contribution in [2.24, 2.45) is 0 Å². The Hall–Kier alpha value is -1.66. The largest absolute Gasteiger partial charge is 0.481 e. The Labute approximate surface area is 145 Å². The first-order chi connectivity index (χ1) is 11.7. The average molecular weight is 407 g/mol. The lowest BCUT2D eigenvalue weighted by molar-refractivity contribution is -0.143. The minimum absolute atomic E-state index is 0.0349. The van der Waals surface area contributed by atoms with E-state index in [9.17, 15) is 40.2 Å². The van der Waals surface area contributed by atoms with Gasteiger partial charge in [0.2, 0.25) is 0 Å². The highest BCUT2D eigenvalue weighted by atomic mass is 32.3. The predicted molar refractivity (Wildman–Crippen MR) is 81.9 cm³/mol. The highest BCUT2D eigenvalue weighted by Crippen LogP contribution is 2.58. The number of hydrogen-bond donors (Lipinski definition) is 3. The number of carboxylic acids is 1. The molecule has 1 heterocycles. The van der Waals surface area contributed by atoms with E-state index in [1.807, 2.05) is 0 Å². The van der Waals surface area contributed by atoms with Crippen LogP contribution in [0.5, 0.6) is 0 Å². The number of nitrogens with zero attached hydrogens (tertiary/aromatic N) is 1. The minimum Gasteiger partial charge on any atom is -0.481 e. The number of alkyl halides is 6. The van der Waals surface area contributed by atoms with Crippen molar-refractivity contribution in [1.29, 1.82) is 0 Å². The van der Waals surface area contributed by atoms with Crippen molar-refractivity contribution < 1.29 is 45.3 Å². The van der Waals surface area contributed by atoms with Crippen LogP contribution in [0.3, 0.4) is 0 Å². The molecular formula is C14H15F6NO4S. The van der Waals surface area contributed by atoms with Gasteiger partial charge in [-0.2, -0.15) is 26.3 Å². The van der Waals surface area contributed by atoms with Gasteiger partial charge in [0.05, 0.1) is 22.1 Å². The second kappa shape index (κ2) is 6.82. The van der Waals surface area contributed by atoms with Gasteiger partial charge in [-0.25, -0.2) is 0 Å². The van der Waals surface area contributed by atoms with Crippen molar-refractivity contribution in [1.82, 2.24) is 0 Å². The summed E-state index contributed by atoms with van der Waals surface area (Å²) in [7, 11) is -3.77. The normalized spacial score (nSPS) is 21.7. The summed E-state index contributed by atoms with van der Waals surface area (Å²) in [6.45, 7) is -0.203. The number of carboxylic acid groups (broad SMARTS) is 1. The summed E-state index contributed by atoms with van der Waals surface area (Å²) in [5.74, 6) is -1.20. The van der Waals surface area contributed by atoms with Crippen molar-refractivity contribution in [3.63, 3.8) is 0 Å². The third-order valence-corrected chi connectivity index (χ3v) is 6.37. The van der Waals surface area contributed by atoms with Crippen LogP contribution in [0, 0.1) is 0 Å². The molecule has 1 atom stereocenters. The number of anilines is 1. The maximum absolute atomic E-state index is 12.9. The molecule has 1 aliphatic heterocycles. The Morgan fingerprint density at radius 2 is 1.58 bits per heavy atom. The van der Waals surface area contributed by atoms with Gasteiger partial charge in [0.15, 0.2) is 0 Å². The Balaban J connectivity index is 2.43. The van der Waals surface area contributed by atoms with Crippen LogP contribution in [0.25, 0.3) is 0 Å². The fourth-order valence-corrected chi connectivity index (χ4v) is 4.69. The molecule has 0 aromatic heterocycles. The lowest BCUT2D eigenvalue weighted by atomic mass is 10.1. The van der Waals surface area contributed by atoms with Crippen molar-refractivity contribution >= 4 is 22.4 Å². The second-order valence-corrected chi connectivity index (χ2v) is 8.00. The van der Waals surface area contributed by atoms with Crippen LogP contribution in [-0.4, -0.2) is 32.0 Å². The summed E-state index contributed by atoms with van der Waals surface area (Å²) < 4.78 is 98.8. The summed E-state index contributed by atoms with van der Waals surface area (Å²) in [5.41, 5.74) is -3.75. The molecule has 148 valence electrons. The standard InChI is InChI=1S/C14H15F6NO4S/c15-13(16,17)8-5-9(14(18,19)20)7-10(6-8)21-4-3-11(26(21,24)25)1-2-12(22)23/h5-7,11,24-25H,1-4H2,(H,22,23). The van der Waals surface area contributed by atoms with E-state index in [0.29, 0.717) is 16.4 Å². The molecule has 2 rings (SSSR count). The summed E-state index contributed by atoms with van der Waals surface area (Å²) in [5, 5.41) is 7.71. The molecule has 0 saturated carbocycles. The molecule has 1 aliphatic rings. The highest BCUT2D eigenvalue weighted by Gasteiger charge is 2.42. The van der Waals surface area contributed by atoms with E-state index in [1.165, 1.54) is 0 Å². The van der Waals surface area contributed by atoms with Crippen LogP contribution >= 0.6 is 10.8 Å². The average Bonchev–Trinajstić information content (AvgIpc) is 2.77. The van der Waals surface area contributed by atoms with Gasteiger partial charge in [0, 0.05) is 13.0 Å². The van der Waals surface area contributed by atoms with Crippen LogP contribution < -0.4 is 4.31 Å². The molecule has 1 aromatic carbocycles. The van der Waals surface area contributed by atoms with Crippen molar-refractivity contribution in [2.75, 3.05) is 10.8 Å². The van der Waals surface area contributed by atoms with Crippen molar-refractivity contribution in [3.8, 4) is 0 Å². The molecule has 0 bridgehead atoms. The number of carbonyl (C=O) groups is 1. The SMILES string of the molecule is O=C(O)CCC1CCN(c2cc(C(F)(F)F)cc(C(F)(F)F)c2)S1(O)O. The third kappa shape index (κ3) is 4.35. The van der Waals surface area contributed by atoms with E-state index < -0.39 is 57.6 Å². The molecular weight excluding hydrogens is 392 g/mol. The van der Waals surface area contributed by atoms with Crippen LogP contribution in [0.15, 0.2) is 18.2 Å². The zero-order chi connectivity index (χ0) is 19.9. The number of aliphatic carboxylic acids is 1. The first kappa shape index (κ1) is 20.6. The Morgan fingerprint density at radius 3 is 2.00 bits per heavy atom. The molecule has 1 fully saturated rings. The topological polar surface area (TPSA) is 81.0 Å². The number of hydrogen-bond acceptors (Lipinski definition) is 4. The van der Waals surface area contributed by atoms with Crippen LogP contribution in [0.1, 0.15) is 30.4 Å². The maximum atomic E-state index is 12.9. The van der Waals surface area contributed by atoms with Gasteiger partial charge in [0.1, 0.15) is 0 Å². The maximum Gasteiger partial charge on any atom is 0.416 e. The van der Waals surface area contributed by atoms with Crippen LogP contribution in [-0.2, 0) is 17.1 Å². The number of halogens is 6. The van der Waals surface area contributed by atoms with E-state index in [0.717, 1.165) is 0 Å². The van der Waals surface area contributed by atoms with Gasteiger partial charge in [-0.05, 0) is 31.0 Å². The molecule has 3 N–H and O–H groups in total. The first-order valence-electron chi connectivity index (χ1n) is 7.29. The van der Waals surface area contributed by atoms with Gasteiger partial charge < -0.3 is 5.11 Å². The van der Waals surface area contributed by atoms with Crippen LogP contribution in [0.2, 0.25) is 0 Å². The van der Waals surface area contributed by atoms with Crippen molar-refractivity contribution in [2.45, 2.75) is 36.9 Å². The monoisotopic (exact) mass is 407 g/mol. The van der Waals surface area contributed by atoms with Gasteiger partial charge in [0.25, 0.3) is 0 Å². The van der Waals surface area contributed by atoms with Crippen molar-refractivity contribution in [3.05, 3.63) is 29.3 Å². The Kier molecular flexibility index (Phi) is 5.41. The zero-order valence-electron chi connectivity index (χ0n) is 13.0. The molecule has 1 aromatic rings. The van der Waals surface area contributed by atoms with E-state index in [2.05, 4.69) is 0 Å². The number of rotatable bonds is 4. The van der Waals surface area contributed by atoms with E-state index in [4.69, 9.17) is 5.11 Å². The van der Waals surface area contributed by atoms with Gasteiger partial charge >= 0.3 is 18.3 Å². The van der Waals surface area contributed by atoms with E-state index in [1.54, 1.807) is 0 Å². The predicted octanol–water partition coefficient (Wildman–Crippen LogP) is 4.83. The first-order valence-corrected chi connectivity index (χ1v) is 8.85. The van der Waals surface area contributed by atoms with Gasteiger partial charge in [-0.1, -0.05) is 0 Å². The summed E-state index contributed by atoms with van der Waals surface area (Å²) in [6, 6.07) is 0.791. The smallest absolute Gasteiger partial charge is 0.416 e. The molecule has 1 saturated heterocycles. The van der Waals surface area contributed by atoms with Gasteiger partial charge in [-0.3, -0.25) is 18.2 Å². The molecule has 12 heteroatoms. The third-order valence-electron chi connectivity index (χ3n) is 3.97. The fraction of sp³-hybridized carbons (Fsp3) is 0.500. The van der Waals surface area contributed by atoms with E-state index in [-0.39, 0.29) is 25.5 Å².